The van der Waals surface area contributed by atoms with Crippen molar-refractivity contribution < 1.29 is 14.0 Å². The quantitative estimate of drug-likeness (QED) is 0.870. The number of nitrogens with one attached hydrogen (secondary N) is 1. The Morgan fingerprint density at radius 1 is 1.17 bits per heavy atom. The molecule has 1 unspecified atom stereocenters. The third-order valence-electron chi connectivity index (χ3n) is 3.73. The largest absolute Gasteiger partial charge is 0.486 e. The minimum atomic E-state index is 0. The summed E-state index contributed by atoms with van der Waals surface area (Å²) in [5.74, 6) is 3.06. The molecule has 1 aliphatic heterocycles. The minimum Gasteiger partial charge on any atom is -0.486 e. The van der Waals surface area contributed by atoms with E-state index in [2.05, 4.69) is 22.4 Å². The van der Waals surface area contributed by atoms with E-state index in [0.717, 1.165) is 36.6 Å². The Balaban J connectivity index is 0.00000192. The van der Waals surface area contributed by atoms with Gasteiger partial charge in [0.1, 0.15) is 13.2 Å². The van der Waals surface area contributed by atoms with E-state index in [9.17, 15) is 0 Å². The molecule has 2 heterocycles. The second-order valence-corrected chi connectivity index (χ2v) is 5.48. The summed E-state index contributed by atoms with van der Waals surface area (Å²) in [6, 6.07) is 6.36. The van der Waals surface area contributed by atoms with E-state index in [-0.39, 0.29) is 12.4 Å². The number of fused-ring (bicyclic) bond motifs is 1. The lowest BCUT2D eigenvalue weighted by Crippen LogP contribution is -2.24. The molecule has 0 saturated heterocycles. The fraction of sp³-hybridized carbons (Fsp3) is 0.500. The Bertz CT molecular complexity index is 633. The molecule has 0 aliphatic carbocycles. The second kappa shape index (κ2) is 8.17. The lowest BCUT2D eigenvalue weighted by molar-refractivity contribution is 0.171. The maximum atomic E-state index is 5.59. The van der Waals surface area contributed by atoms with Crippen molar-refractivity contribution in [1.29, 1.82) is 0 Å². The van der Waals surface area contributed by atoms with Gasteiger partial charge in [-0.2, -0.15) is 4.98 Å². The van der Waals surface area contributed by atoms with Crippen LogP contribution in [0.3, 0.4) is 0 Å². The van der Waals surface area contributed by atoms with E-state index in [1.807, 2.05) is 25.2 Å². The summed E-state index contributed by atoms with van der Waals surface area (Å²) in [7, 11) is 1.92. The van der Waals surface area contributed by atoms with Gasteiger partial charge < -0.3 is 19.3 Å². The van der Waals surface area contributed by atoms with Crippen LogP contribution < -0.4 is 14.8 Å². The van der Waals surface area contributed by atoms with E-state index in [4.69, 9.17) is 14.0 Å². The van der Waals surface area contributed by atoms with Crippen LogP contribution >= 0.6 is 12.4 Å². The number of hydrogen-bond donors (Lipinski definition) is 1. The SMILES string of the molecule is CNC(C)Cc1noc(CCc2ccc3c(c2)OCCO3)n1.Cl. The van der Waals surface area contributed by atoms with Crippen LogP contribution in [0.15, 0.2) is 22.7 Å². The Morgan fingerprint density at radius 2 is 1.96 bits per heavy atom. The van der Waals surface area contributed by atoms with Gasteiger partial charge in [-0.25, -0.2) is 0 Å². The highest BCUT2D eigenvalue weighted by molar-refractivity contribution is 5.85. The van der Waals surface area contributed by atoms with Gasteiger partial charge in [0.05, 0.1) is 0 Å². The molecule has 23 heavy (non-hydrogen) atoms. The summed E-state index contributed by atoms with van der Waals surface area (Å²) < 4.78 is 16.4. The second-order valence-electron chi connectivity index (χ2n) is 5.48. The number of nitrogens with zero attached hydrogens (tertiary/aromatic N) is 2. The first-order valence-corrected chi connectivity index (χ1v) is 7.62. The molecule has 3 rings (SSSR count). The van der Waals surface area contributed by atoms with Crippen molar-refractivity contribution in [1.82, 2.24) is 15.5 Å². The summed E-state index contributed by atoms with van der Waals surface area (Å²) in [5.41, 5.74) is 1.17. The number of ether oxygens (including phenoxy) is 2. The molecule has 0 saturated carbocycles. The maximum Gasteiger partial charge on any atom is 0.226 e. The number of benzene rings is 1. The van der Waals surface area contributed by atoms with Gasteiger partial charge in [-0.1, -0.05) is 11.2 Å². The normalized spacial score (nSPS) is 14.2. The highest BCUT2D eigenvalue weighted by Crippen LogP contribution is 2.31. The highest BCUT2D eigenvalue weighted by atomic mass is 35.5. The summed E-state index contributed by atoms with van der Waals surface area (Å²) in [6.07, 6.45) is 2.32. The molecule has 0 amide bonds. The van der Waals surface area contributed by atoms with Gasteiger partial charge in [0.25, 0.3) is 0 Å². The highest BCUT2D eigenvalue weighted by Gasteiger charge is 2.13. The third-order valence-corrected chi connectivity index (χ3v) is 3.73. The molecule has 126 valence electrons. The van der Waals surface area contributed by atoms with E-state index in [1.54, 1.807) is 0 Å². The number of likely N-dealkylation sites (N-methyl/N-ethyl adjacent to an activating group) is 1. The first-order chi connectivity index (χ1) is 10.7. The molecule has 1 aromatic heterocycles. The van der Waals surface area contributed by atoms with Gasteiger partial charge in [-0.3, -0.25) is 0 Å². The molecule has 1 aliphatic rings. The Labute approximate surface area is 142 Å². The van der Waals surface area contributed by atoms with Crippen molar-refractivity contribution in [3.05, 3.63) is 35.5 Å². The molecular weight excluding hydrogens is 318 g/mol. The van der Waals surface area contributed by atoms with Crippen molar-refractivity contribution in [2.45, 2.75) is 32.2 Å². The van der Waals surface area contributed by atoms with Gasteiger partial charge in [0.2, 0.25) is 5.89 Å². The number of rotatable bonds is 6. The van der Waals surface area contributed by atoms with Crippen molar-refractivity contribution in [2.24, 2.45) is 0 Å². The Hall–Kier alpha value is -1.79. The van der Waals surface area contributed by atoms with Gasteiger partial charge in [0.15, 0.2) is 17.3 Å². The van der Waals surface area contributed by atoms with Gasteiger partial charge in [-0.15, -0.1) is 12.4 Å². The van der Waals surface area contributed by atoms with Crippen molar-refractivity contribution in [3.8, 4) is 11.5 Å². The predicted octanol–water partition coefficient (Wildman–Crippen LogP) is 2.20. The Kier molecular flexibility index (Phi) is 6.24. The monoisotopic (exact) mass is 339 g/mol. The summed E-state index contributed by atoms with van der Waals surface area (Å²) in [6.45, 7) is 3.31. The number of aryl methyl sites for hydroxylation is 2. The minimum absolute atomic E-state index is 0. The zero-order valence-corrected chi connectivity index (χ0v) is 14.2. The van der Waals surface area contributed by atoms with E-state index < -0.39 is 0 Å². The molecule has 1 N–H and O–H groups in total. The first kappa shape index (κ1) is 17.6. The van der Waals surface area contributed by atoms with Crippen molar-refractivity contribution in [3.63, 3.8) is 0 Å². The first-order valence-electron chi connectivity index (χ1n) is 7.62. The smallest absolute Gasteiger partial charge is 0.226 e. The summed E-state index contributed by atoms with van der Waals surface area (Å²) >= 11 is 0. The molecule has 0 fully saturated rings. The fourth-order valence-corrected chi connectivity index (χ4v) is 2.35. The zero-order chi connectivity index (χ0) is 15.4. The van der Waals surface area contributed by atoms with Crippen LogP contribution in [0.4, 0.5) is 0 Å². The van der Waals surface area contributed by atoms with Crippen LogP contribution in [0.25, 0.3) is 0 Å². The standard InChI is InChI=1S/C16H21N3O3.ClH/c1-11(17-2)9-15-18-16(22-19-15)6-4-12-3-5-13-14(10-12)21-8-7-20-13;/h3,5,10-11,17H,4,6-9H2,1-2H3;1H. The van der Waals surface area contributed by atoms with Gasteiger partial charge >= 0.3 is 0 Å². The molecular formula is C16H22ClN3O3. The van der Waals surface area contributed by atoms with Crippen LogP contribution in [-0.2, 0) is 19.3 Å². The zero-order valence-electron chi connectivity index (χ0n) is 13.4. The maximum absolute atomic E-state index is 5.59. The molecule has 1 atom stereocenters. The van der Waals surface area contributed by atoms with E-state index >= 15 is 0 Å². The summed E-state index contributed by atoms with van der Waals surface area (Å²) in [5, 5.41) is 7.18. The average molecular weight is 340 g/mol. The Morgan fingerprint density at radius 3 is 2.74 bits per heavy atom. The molecule has 7 heteroatoms. The summed E-state index contributed by atoms with van der Waals surface area (Å²) in [4.78, 5) is 4.43. The molecule has 2 aromatic rings. The number of halogens is 1. The molecule has 0 radical (unpaired) electrons. The van der Waals surface area contributed by atoms with Crippen LogP contribution in [0.5, 0.6) is 11.5 Å². The van der Waals surface area contributed by atoms with E-state index in [1.165, 1.54) is 5.56 Å². The number of hydrogen-bond acceptors (Lipinski definition) is 6. The molecule has 0 bridgehead atoms. The lowest BCUT2D eigenvalue weighted by Gasteiger charge is -2.18. The molecule has 1 aromatic carbocycles. The van der Waals surface area contributed by atoms with Gasteiger partial charge in [0, 0.05) is 18.9 Å². The van der Waals surface area contributed by atoms with Crippen LogP contribution in [0, 0.1) is 0 Å². The van der Waals surface area contributed by atoms with Gasteiger partial charge in [-0.05, 0) is 38.1 Å². The van der Waals surface area contributed by atoms with Crippen LogP contribution in [-0.4, -0.2) is 36.4 Å². The average Bonchev–Trinajstić information content (AvgIpc) is 3.00. The predicted molar refractivity (Wildman–Crippen MR) is 88.6 cm³/mol. The number of aromatic nitrogens is 2. The fourth-order valence-electron chi connectivity index (χ4n) is 2.35. The van der Waals surface area contributed by atoms with Crippen LogP contribution in [0.1, 0.15) is 24.2 Å². The third kappa shape index (κ3) is 4.59. The van der Waals surface area contributed by atoms with Crippen LogP contribution in [0.2, 0.25) is 0 Å². The van der Waals surface area contributed by atoms with Crippen molar-refractivity contribution >= 4 is 12.4 Å². The lowest BCUT2D eigenvalue weighted by atomic mass is 10.1. The van der Waals surface area contributed by atoms with E-state index in [0.29, 0.717) is 25.1 Å². The molecule has 0 spiro atoms. The van der Waals surface area contributed by atoms with Crippen molar-refractivity contribution in [2.75, 3.05) is 20.3 Å². The molecule has 6 nitrogen and oxygen atoms in total. The topological polar surface area (TPSA) is 69.4 Å².